The number of hydrogen-bond acceptors (Lipinski definition) is 4. The van der Waals surface area contributed by atoms with Crippen LogP contribution in [0.2, 0.25) is 0 Å². The largest absolute Gasteiger partial charge is 0.333 e. The summed E-state index contributed by atoms with van der Waals surface area (Å²) in [6.45, 7) is 1.70. The predicted molar refractivity (Wildman–Crippen MR) is 103 cm³/mol. The van der Waals surface area contributed by atoms with Crippen molar-refractivity contribution in [2.45, 2.75) is 0 Å². The summed E-state index contributed by atoms with van der Waals surface area (Å²) in [5.41, 5.74) is 1.23. The van der Waals surface area contributed by atoms with Gasteiger partial charge in [-0.3, -0.25) is 4.79 Å². The second kappa shape index (κ2) is 7.32. The third-order valence-corrected chi connectivity index (χ3v) is 5.43. The van der Waals surface area contributed by atoms with Gasteiger partial charge in [0.2, 0.25) is 0 Å². The molecule has 3 amide bonds. The van der Waals surface area contributed by atoms with E-state index in [0.717, 1.165) is 10.2 Å². The molecule has 0 radical (unpaired) electrons. The first-order valence-corrected chi connectivity index (χ1v) is 9.38. The Bertz CT molecular complexity index is 965. The quantitative estimate of drug-likeness (QED) is 0.736. The minimum absolute atomic E-state index is 0.110. The summed E-state index contributed by atoms with van der Waals surface area (Å²) in [4.78, 5) is 32.7. The molecule has 1 aliphatic heterocycles. The fourth-order valence-corrected chi connectivity index (χ4v) is 3.91. The molecule has 1 saturated heterocycles. The number of nitrogens with zero attached hydrogens (tertiary/aromatic N) is 3. The van der Waals surface area contributed by atoms with Gasteiger partial charge in [0, 0.05) is 31.9 Å². The van der Waals surface area contributed by atoms with Crippen molar-refractivity contribution in [3.8, 4) is 0 Å². The van der Waals surface area contributed by atoms with Gasteiger partial charge in [0.15, 0.2) is 5.01 Å². The number of amides is 3. The number of fused-ring (bicyclic) bond motifs is 1. The van der Waals surface area contributed by atoms with Crippen molar-refractivity contribution in [1.29, 1.82) is 0 Å². The van der Waals surface area contributed by atoms with Crippen LogP contribution < -0.4 is 5.32 Å². The van der Waals surface area contributed by atoms with E-state index in [1.807, 2.05) is 24.3 Å². The lowest BCUT2D eigenvalue weighted by Crippen LogP contribution is -2.51. The summed E-state index contributed by atoms with van der Waals surface area (Å²) < 4.78 is 14.2. The number of aromatic nitrogens is 1. The Morgan fingerprint density at radius 3 is 2.48 bits per heavy atom. The molecule has 0 spiro atoms. The lowest BCUT2D eigenvalue weighted by molar-refractivity contribution is 0.0671. The second-order valence-electron chi connectivity index (χ2n) is 6.21. The van der Waals surface area contributed by atoms with Crippen molar-refractivity contribution in [3.05, 3.63) is 59.4 Å². The van der Waals surface area contributed by atoms with Gasteiger partial charge in [-0.1, -0.05) is 18.2 Å². The number of carbonyl (C=O) groups is 2. The van der Waals surface area contributed by atoms with E-state index in [4.69, 9.17) is 0 Å². The molecule has 0 atom stereocenters. The monoisotopic (exact) mass is 384 g/mol. The molecular weight excluding hydrogens is 367 g/mol. The topological polar surface area (TPSA) is 65.5 Å². The molecule has 0 unspecified atom stereocenters. The number of urea groups is 1. The summed E-state index contributed by atoms with van der Waals surface area (Å²) in [5, 5.41) is 3.15. The molecule has 1 aromatic heterocycles. The SMILES string of the molecule is O=C(Nc1cccc(F)c1)N1CCN(C(=O)c2nc3ccccc3s2)CC1. The highest BCUT2D eigenvalue weighted by Crippen LogP contribution is 2.23. The predicted octanol–water partition coefficient (Wildman–Crippen LogP) is 3.43. The Morgan fingerprint density at radius 2 is 1.74 bits per heavy atom. The first-order chi connectivity index (χ1) is 13.1. The van der Waals surface area contributed by atoms with Crippen LogP contribution >= 0.6 is 11.3 Å². The molecule has 8 heteroatoms. The van der Waals surface area contributed by atoms with Gasteiger partial charge < -0.3 is 15.1 Å². The molecule has 1 aliphatic rings. The number of hydrogen-bond donors (Lipinski definition) is 1. The summed E-state index contributed by atoms with van der Waals surface area (Å²) in [6.07, 6.45) is 0. The molecule has 138 valence electrons. The van der Waals surface area contributed by atoms with Gasteiger partial charge >= 0.3 is 6.03 Å². The van der Waals surface area contributed by atoms with E-state index < -0.39 is 5.82 Å². The normalized spacial score (nSPS) is 14.4. The Hall–Kier alpha value is -3.00. The first-order valence-electron chi connectivity index (χ1n) is 8.56. The standard InChI is InChI=1S/C19H17FN4O2S/c20-13-4-3-5-14(12-13)21-19(26)24-10-8-23(9-11-24)18(25)17-22-15-6-1-2-7-16(15)27-17/h1-7,12H,8-11H2,(H,21,26). The van der Waals surface area contributed by atoms with Crippen LogP contribution in [0.25, 0.3) is 10.2 Å². The fraction of sp³-hybridized carbons (Fsp3) is 0.211. The fourth-order valence-electron chi connectivity index (χ4n) is 2.98. The van der Waals surface area contributed by atoms with Crippen LogP contribution in [-0.4, -0.2) is 52.9 Å². The Labute approximate surface area is 159 Å². The highest BCUT2D eigenvalue weighted by Gasteiger charge is 2.26. The van der Waals surface area contributed by atoms with Crippen molar-refractivity contribution in [3.63, 3.8) is 0 Å². The maximum Gasteiger partial charge on any atom is 0.321 e. The van der Waals surface area contributed by atoms with E-state index in [1.54, 1.807) is 21.9 Å². The summed E-state index contributed by atoms with van der Waals surface area (Å²) in [7, 11) is 0. The van der Waals surface area contributed by atoms with Crippen LogP contribution in [0.3, 0.4) is 0 Å². The lowest BCUT2D eigenvalue weighted by atomic mass is 10.3. The number of para-hydroxylation sites is 1. The van der Waals surface area contributed by atoms with Crippen molar-refractivity contribution < 1.29 is 14.0 Å². The Morgan fingerprint density at radius 1 is 1.00 bits per heavy atom. The number of anilines is 1. The van der Waals surface area contributed by atoms with E-state index in [0.29, 0.717) is 36.9 Å². The van der Waals surface area contributed by atoms with Gasteiger partial charge in [-0.05, 0) is 30.3 Å². The van der Waals surface area contributed by atoms with Gasteiger partial charge in [0.25, 0.3) is 5.91 Å². The van der Waals surface area contributed by atoms with Crippen LogP contribution in [0, 0.1) is 5.82 Å². The number of piperazine rings is 1. The lowest BCUT2D eigenvalue weighted by Gasteiger charge is -2.34. The summed E-state index contributed by atoms with van der Waals surface area (Å²) >= 11 is 1.38. The average Bonchev–Trinajstić information content (AvgIpc) is 3.12. The van der Waals surface area contributed by atoms with Gasteiger partial charge in [-0.25, -0.2) is 14.2 Å². The molecule has 4 rings (SSSR count). The molecule has 0 saturated carbocycles. The van der Waals surface area contributed by atoms with Gasteiger partial charge in [-0.2, -0.15) is 0 Å². The maximum atomic E-state index is 13.2. The highest BCUT2D eigenvalue weighted by atomic mass is 32.1. The number of carbonyl (C=O) groups excluding carboxylic acids is 2. The van der Waals surface area contributed by atoms with Crippen molar-refractivity contribution in [2.24, 2.45) is 0 Å². The van der Waals surface area contributed by atoms with Crippen molar-refractivity contribution >= 4 is 39.2 Å². The highest BCUT2D eigenvalue weighted by molar-refractivity contribution is 7.20. The molecule has 2 aromatic carbocycles. The van der Waals surface area contributed by atoms with Crippen molar-refractivity contribution in [2.75, 3.05) is 31.5 Å². The van der Waals surface area contributed by atoms with E-state index >= 15 is 0 Å². The van der Waals surface area contributed by atoms with Crippen LogP contribution in [0.15, 0.2) is 48.5 Å². The minimum atomic E-state index is -0.404. The third kappa shape index (κ3) is 3.75. The molecule has 6 nitrogen and oxygen atoms in total. The molecule has 2 heterocycles. The zero-order valence-electron chi connectivity index (χ0n) is 14.4. The molecule has 3 aromatic rings. The minimum Gasteiger partial charge on any atom is -0.333 e. The van der Waals surface area contributed by atoms with E-state index in [2.05, 4.69) is 10.3 Å². The van der Waals surface area contributed by atoms with Crippen molar-refractivity contribution in [1.82, 2.24) is 14.8 Å². The van der Waals surface area contributed by atoms with Crippen LogP contribution in [0.5, 0.6) is 0 Å². The van der Waals surface area contributed by atoms with Crippen LogP contribution in [-0.2, 0) is 0 Å². The Kier molecular flexibility index (Phi) is 4.72. The molecule has 1 fully saturated rings. The van der Waals surface area contributed by atoms with E-state index in [1.165, 1.54) is 23.5 Å². The zero-order valence-corrected chi connectivity index (χ0v) is 15.2. The smallest absolute Gasteiger partial charge is 0.321 e. The molecule has 0 aliphatic carbocycles. The van der Waals surface area contributed by atoms with Crippen LogP contribution in [0.4, 0.5) is 14.9 Å². The van der Waals surface area contributed by atoms with Gasteiger partial charge in [0.1, 0.15) is 5.82 Å². The van der Waals surface area contributed by atoms with Gasteiger partial charge in [0.05, 0.1) is 10.2 Å². The van der Waals surface area contributed by atoms with Gasteiger partial charge in [-0.15, -0.1) is 11.3 Å². The van der Waals surface area contributed by atoms with Crippen LogP contribution in [0.1, 0.15) is 9.80 Å². The number of rotatable bonds is 2. The second-order valence-corrected chi connectivity index (χ2v) is 7.24. The summed E-state index contributed by atoms with van der Waals surface area (Å²) in [5.74, 6) is -0.513. The summed E-state index contributed by atoms with van der Waals surface area (Å²) in [6, 6.07) is 13.1. The number of thiazole rings is 1. The van der Waals surface area contributed by atoms with E-state index in [9.17, 15) is 14.0 Å². The molecule has 0 bridgehead atoms. The number of benzene rings is 2. The average molecular weight is 384 g/mol. The number of halogens is 1. The molecular formula is C19H17FN4O2S. The van der Waals surface area contributed by atoms with E-state index in [-0.39, 0.29) is 11.9 Å². The Balaban J connectivity index is 1.36. The number of nitrogens with one attached hydrogen (secondary N) is 1. The molecule has 27 heavy (non-hydrogen) atoms. The first kappa shape index (κ1) is 17.4. The third-order valence-electron chi connectivity index (χ3n) is 4.41. The maximum absolute atomic E-state index is 13.2. The zero-order chi connectivity index (χ0) is 18.8. The molecule has 1 N–H and O–H groups in total.